The third-order valence-corrected chi connectivity index (χ3v) is 5.80. The zero-order valence-electron chi connectivity index (χ0n) is 16.4. The Morgan fingerprint density at radius 1 is 1.03 bits per heavy atom. The minimum Gasteiger partial charge on any atom is -0.471 e. The van der Waals surface area contributed by atoms with E-state index in [1.165, 1.54) is 0 Å². The summed E-state index contributed by atoms with van der Waals surface area (Å²) in [6, 6.07) is 13.2. The molecule has 5 heteroatoms. The molecule has 0 fully saturated rings. The molecule has 0 saturated carbocycles. The van der Waals surface area contributed by atoms with Crippen LogP contribution in [0.4, 0.5) is 0 Å². The Bertz CT molecular complexity index is 1070. The third-order valence-electron chi connectivity index (χ3n) is 5.00. The van der Waals surface area contributed by atoms with Gasteiger partial charge in [-0.05, 0) is 68.1 Å². The van der Waals surface area contributed by atoms with E-state index in [0.29, 0.717) is 27.4 Å². The molecule has 2 aromatic carbocycles. The fourth-order valence-corrected chi connectivity index (χ4v) is 4.25. The van der Waals surface area contributed by atoms with Gasteiger partial charge in [-0.15, -0.1) is 0 Å². The largest absolute Gasteiger partial charge is 0.471 e. The lowest BCUT2D eigenvalue weighted by Crippen LogP contribution is -2.33. The SMILES string of the molecule is CCc1c2c(nc(-c3ccc(Cl)cc3Cl)c1-c1ccc(Cl)cc1)OC(C)(C)C[C]2. The summed E-state index contributed by atoms with van der Waals surface area (Å²) in [7, 11) is 0. The van der Waals surface area contributed by atoms with E-state index in [1.54, 1.807) is 6.07 Å². The summed E-state index contributed by atoms with van der Waals surface area (Å²) in [4.78, 5) is 4.93. The molecule has 29 heavy (non-hydrogen) atoms. The van der Waals surface area contributed by atoms with Crippen molar-refractivity contribution in [1.29, 1.82) is 0 Å². The van der Waals surface area contributed by atoms with Gasteiger partial charge < -0.3 is 4.74 Å². The zero-order valence-corrected chi connectivity index (χ0v) is 18.7. The first-order valence-corrected chi connectivity index (χ1v) is 10.6. The molecule has 0 bridgehead atoms. The smallest absolute Gasteiger partial charge is 0.218 e. The van der Waals surface area contributed by atoms with Crippen LogP contribution in [0.2, 0.25) is 15.1 Å². The molecule has 0 atom stereocenters. The number of halogens is 3. The van der Waals surface area contributed by atoms with Gasteiger partial charge in [0.05, 0.1) is 10.7 Å². The summed E-state index contributed by atoms with van der Waals surface area (Å²) in [6.07, 6.45) is 5.04. The van der Waals surface area contributed by atoms with Crippen LogP contribution in [0.5, 0.6) is 5.88 Å². The van der Waals surface area contributed by atoms with Crippen LogP contribution < -0.4 is 4.74 Å². The number of rotatable bonds is 3. The number of benzene rings is 2. The summed E-state index contributed by atoms with van der Waals surface area (Å²) in [6.45, 7) is 6.21. The first-order chi connectivity index (χ1) is 13.8. The Labute approximate surface area is 186 Å². The number of nitrogens with zero attached hydrogens (tertiary/aromatic N) is 1. The van der Waals surface area contributed by atoms with Crippen LogP contribution in [-0.2, 0) is 6.42 Å². The highest BCUT2D eigenvalue weighted by Crippen LogP contribution is 2.45. The van der Waals surface area contributed by atoms with Gasteiger partial charge in [0.2, 0.25) is 5.88 Å². The van der Waals surface area contributed by atoms with Crippen molar-refractivity contribution in [1.82, 2.24) is 4.98 Å². The highest BCUT2D eigenvalue weighted by molar-refractivity contribution is 6.36. The number of hydrogen-bond donors (Lipinski definition) is 0. The highest BCUT2D eigenvalue weighted by atomic mass is 35.5. The predicted molar refractivity (Wildman–Crippen MR) is 121 cm³/mol. The van der Waals surface area contributed by atoms with Gasteiger partial charge in [0, 0.05) is 33.2 Å². The normalized spacial score (nSPS) is 15.0. The van der Waals surface area contributed by atoms with Crippen LogP contribution in [-0.4, -0.2) is 10.6 Å². The van der Waals surface area contributed by atoms with Crippen molar-refractivity contribution in [3.05, 3.63) is 75.1 Å². The Hall–Kier alpha value is -1.74. The van der Waals surface area contributed by atoms with E-state index < -0.39 is 0 Å². The molecule has 2 heterocycles. The molecule has 1 aliphatic heterocycles. The zero-order chi connectivity index (χ0) is 20.8. The van der Waals surface area contributed by atoms with Crippen LogP contribution in [0.25, 0.3) is 22.4 Å². The molecule has 148 valence electrons. The molecule has 0 aliphatic carbocycles. The number of pyridine rings is 1. The van der Waals surface area contributed by atoms with Crippen LogP contribution in [0, 0.1) is 6.42 Å². The summed E-state index contributed by atoms with van der Waals surface area (Å²) < 4.78 is 6.23. The number of fused-ring (bicyclic) bond motifs is 1. The summed E-state index contributed by atoms with van der Waals surface area (Å²) in [5.74, 6) is 0.594. The second kappa shape index (κ2) is 7.83. The Morgan fingerprint density at radius 2 is 1.72 bits per heavy atom. The average Bonchev–Trinajstić information content (AvgIpc) is 2.66. The standard InChI is InChI=1S/C24H20Cl3NO/c1-4-17-18-11-12-24(2,3)29-23(18)28-22(19-10-9-16(26)13-20(19)27)21(17)14-5-7-15(25)8-6-14/h5-10,13H,4,12H2,1-3H3. The second-order valence-electron chi connectivity index (χ2n) is 7.69. The van der Waals surface area contributed by atoms with Gasteiger partial charge in [0.25, 0.3) is 0 Å². The first-order valence-electron chi connectivity index (χ1n) is 9.50. The summed E-state index contributed by atoms with van der Waals surface area (Å²) in [5.41, 5.74) is 5.33. The maximum absolute atomic E-state index is 6.58. The van der Waals surface area contributed by atoms with E-state index in [9.17, 15) is 0 Å². The third kappa shape index (κ3) is 3.99. The Kier molecular flexibility index (Phi) is 5.54. The molecule has 2 radical (unpaired) electrons. The fourth-order valence-electron chi connectivity index (χ4n) is 3.62. The molecule has 4 rings (SSSR count). The lowest BCUT2D eigenvalue weighted by atomic mass is 9.86. The van der Waals surface area contributed by atoms with Gasteiger partial charge in [-0.1, -0.05) is 53.9 Å². The van der Waals surface area contributed by atoms with Crippen LogP contribution in [0.3, 0.4) is 0 Å². The van der Waals surface area contributed by atoms with E-state index in [4.69, 9.17) is 44.5 Å². The maximum atomic E-state index is 6.58. The van der Waals surface area contributed by atoms with Crippen molar-refractivity contribution in [2.75, 3.05) is 0 Å². The predicted octanol–water partition coefficient (Wildman–Crippen LogP) is 7.93. The highest BCUT2D eigenvalue weighted by Gasteiger charge is 2.32. The van der Waals surface area contributed by atoms with Crippen LogP contribution in [0.15, 0.2) is 42.5 Å². The van der Waals surface area contributed by atoms with E-state index in [2.05, 4.69) is 13.3 Å². The van der Waals surface area contributed by atoms with Crippen molar-refractivity contribution in [2.45, 2.75) is 39.2 Å². The molecule has 2 nitrogen and oxygen atoms in total. The van der Waals surface area contributed by atoms with Gasteiger partial charge in [0.15, 0.2) is 0 Å². The van der Waals surface area contributed by atoms with Crippen molar-refractivity contribution in [3.63, 3.8) is 0 Å². The minimum atomic E-state index is -0.353. The van der Waals surface area contributed by atoms with E-state index in [0.717, 1.165) is 39.9 Å². The maximum Gasteiger partial charge on any atom is 0.218 e. The topological polar surface area (TPSA) is 22.1 Å². The van der Waals surface area contributed by atoms with Gasteiger partial charge in [-0.25, -0.2) is 4.98 Å². The van der Waals surface area contributed by atoms with Crippen molar-refractivity contribution in [3.8, 4) is 28.3 Å². The van der Waals surface area contributed by atoms with Gasteiger partial charge >= 0.3 is 0 Å². The molecular weight excluding hydrogens is 425 g/mol. The lowest BCUT2D eigenvalue weighted by Gasteiger charge is -2.33. The molecular formula is C24H20Cl3NO. The van der Waals surface area contributed by atoms with Crippen molar-refractivity contribution < 1.29 is 4.74 Å². The summed E-state index contributed by atoms with van der Waals surface area (Å²) >= 11 is 18.9. The number of hydrogen-bond acceptors (Lipinski definition) is 2. The lowest BCUT2D eigenvalue weighted by molar-refractivity contribution is 0.0922. The fraction of sp³-hybridized carbons (Fsp3) is 0.250. The molecule has 0 spiro atoms. The molecule has 1 aliphatic rings. The molecule has 0 amide bonds. The Morgan fingerprint density at radius 3 is 2.38 bits per heavy atom. The quantitative estimate of drug-likeness (QED) is 0.409. The monoisotopic (exact) mass is 443 g/mol. The molecule has 0 saturated heterocycles. The van der Waals surface area contributed by atoms with Crippen molar-refractivity contribution >= 4 is 34.8 Å². The van der Waals surface area contributed by atoms with Gasteiger partial charge in [-0.3, -0.25) is 0 Å². The molecule has 0 unspecified atom stereocenters. The van der Waals surface area contributed by atoms with Crippen LogP contribution >= 0.6 is 34.8 Å². The average molecular weight is 445 g/mol. The first kappa shape index (κ1) is 20.5. The number of ether oxygens (including phenoxy) is 1. The molecule has 1 aromatic heterocycles. The van der Waals surface area contributed by atoms with Gasteiger partial charge in [-0.2, -0.15) is 0 Å². The van der Waals surface area contributed by atoms with Gasteiger partial charge in [0.1, 0.15) is 5.60 Å². The van der Waals surface area contributed by atoms with Crippen LogP contribution in [0.1, 0.15) is 38.3 Å². The Balaban J connectivity index is 2.05. The molecule has 3 aromatic rings. The second-order valence-corrected chi connectivity index (χ2v) is 8.97. The number of aromatic nitrogens is 1. The van der Waals surface area contributed by atoms with E-state index in [1.807, 2.05) is 50.2 Å². The summed E-state index contributed by atoms with van der Waals surface area (Å²) in [5, 5.41) is 1.82. The van der Waals surface area contributed by atoms with Crippen molar-refractivity contribution in [2.24, 2.45) is 0 Å². The molecule has 0 N–H and O–H groups in total. The minimum absolute atomic E-state index is 0.353. The van der Waals surface area contributed by atoms with E-state index >= 15 is 0 Å². The van der Waals surface area contributed by atoms with E-state index in [-0.39, 0.29) is 5.60 Å².